The van der Waals surface area contributed by atoms with Gasteiger partial charge in [0.25, 0.3) is 0 Å². The number of imidazole rings is 2. The lowest BCUT2D eigenvalue weighted by atomic mass is 9.83. The van der Waals surface area contributed by atoms with Crippen molar-refractivity contribution in [3.05, 3.63) is 60.2 Å². The van der Waals surface area contributed by atoms with E-state index >= 15 is 0 Å². The molecule has 0 aliphatic carbocycles. The molecule has 3 N–H and O–H groups in total. The van der Waals surface area contributed by atoms with Gasteiger partial charge in [0, 0.05) is 46.7 Å². The number of nitrogens with zero attached hydrogens (tertiary/aromatic N) is 2. The Labute approximate surface area is 182 Å². The van der Waals surface area contributed by atoms with Crippen LogP contribution < -0.4 is 0 Å². The van der Waals surface area contributed by atoms with Gasteiger partial charge in [-0.05, 0) is 46.2 Å². The predicted molar refractivity (Wildman–Crippen MR) is 128 cm³/mol. The Kier molecular flexibility index (Phi) is 4.16. The topological polar surface area (TPSA) is 73.2 Å². The number of aromatic amines is 3. The largest absolute Gasteiger partial charge is 0.353 e. The molecule has 5 rings (SSSR count). The molecule has 0 spiro atoms. The highest BCUT2D eigenvalue weighted by atomic mass is 14.9. The summed E-state index contributed by atoms with van der Waals surface area (Å²) in [6.07, 6.45) is 7.36. The summed E-state index contributed by atoms with van der Waals surface area (Å²) in [5, 5.41) is 2.43. The number of rotatable bonds is 2. The first-order valence-corrected chi connectivity index (χ1v) is 10.8. The van der Waals surface area contributed by atoms with Crippen LogP contribution in [0.5, 0.6) is 0 Å². The lowest BCUT2D eigenvalue weighted by Gasteiger charge is -2.21. The SMILES string of the molecule is CC(C)(C)c1cc(-c2ncc[nH]2)c2[nH]c3c(-c4ncc[nH]4)cc(C(C)(C)C)cc3c2c1. The quantitative estimate of drug-likeness (QED) is 0.302. The summed E-state index contributed by atoms with van der Waals surface area (Å²) >= 11 is 0. The summed E-state index contributed by atoms with van der Waals surface area (Å²) in [6.45, 7) is 13.5. The molecule has 5 aromatic rings. The van der Waals surface area contributed by atoms with Crippen molar-refractivity contribution in [1.29, 1.82) is 0 Å². The van der Waals surface area contributed by atoms with Crippen LogP contribution in [0.1, 0.15) is 52.7 Å². The summed E-state index contributed by atoms with van der Waals surface area (Å²) in [5.74, 6) is 1.75. The van der Waals surface area contributed by atoms with E-state index in [1.807, 2.05) is 12.4 Å². The van der Waals surface area contributed by atoms with Crippen LogP contribution >= 0.6 is 0 Å². The van der Waals surface area contributed by atoms with Crippen molar-refractivity contribution in [2.24, 2.45) is 0 Å². The van der Waals surface area contributed by atoms with Gasteiger partial charge in [-0.1, -0.05) is 41.5 Å². The van der Waals surface area contributed by atoms with Gasteiger partial charge in [-0.25, -0.2) is 9.97 Å². The molecule has 3 heterocycles. The summed E-state index contributed by atoms with van der Waals surface area (Å²) in [4.78, 5) is 19.5. The first kappa shape index (κ1) is 19.6. The molecular weight excluding hydrogens is 382 g/mol. The number of hydrogen-bond acceptors (Lipinski definition) is 2. The van der Waals surface area contributed by atoms with E-state index in [4.69, 9.17) is 0 Å². The van der Waals surface area contributed by atoms with E-state index in [0.717, 1.165) is 33.8 Å². The standard InChI is InChI=1S/C26H29N5/c1-25(2,3)15-11-17-18-12-16(26(4,5)6)14-20(24-29-9-10-30-24)22(18)31-21(17)19(13-15)23-27-7-8-28-23/h7-14,31H,1-6H3,(H,27,28)(H,29,30). The third-order valence-electron chi connectivity index (χ3n) is 6.06. The maximum atomic E-state index is 4.57. The third kappa shape index (κ3) is 3.25. The average molecular weight is 412 g/mol. The molecule has 3 aromatic heterocycles. The minimum Gasteiger partial charge on any atom is -0.353 e. The Morgan fingerprint density at radius 2 is 1.03 bits per heavy atom. The van der Waals surface area contributed by atoms with Crippen LogP contribution in [0.2, 0.25) is 0 Å². The summed E-state index contributed by atoms with van der Waals surface area (Å²) in [6, 6.07) is 9.18. The monoisotopic (exact) mass is 411 g/mol. The molecule has 0 radical (unpaired) electrons. The van der Waals surface area contributed by atoms with E-state index in [9.17, 15) is 0 Å². The molecule has 5 heteroatoms. The van der Waals surface area contributed by atoms with Gasteiger partial charge in [0.2, 0.25) is 0 Å². The van der Waals surface area contributed by atoms with Crippen LogP contribution in [-0.4, -0.2) is 24.9 Å². The van der Waals surface area contributed by atoms with E-state index in [-0.39, 0.29) is 10.8 Å². The van der Waals surface area contributed by atoms with Gasteiger partial charge in [0.05, 0.1) is 11.0 Å². The Morgan fingerprint density at radius 3 is 1.35 bits per heavy atom. The first-order chi connectivity index (χ1) is 14.6. The molecule has 5 nitrogen and oxygen atoms in total. The van der Waals surface area contributed by atoms with E-state index in [1.165, 1.54) is 21.9 Å². The number of nitrogens with one attached hydrogen (secondary N) is 3. The molecule has 0 bridgehead atoms. The van der Waals surface area contributed by atoms with Crippen LogP contribution in [0.4, 0.5) is 0 Å². The minimum absolute atomic E-state index is 0.0185. The summed E-state index contributed by atoms with van der Waals surface area (Å²) in [5.41, 5.74) is 6.97. The highest BCUT2D eigenvalue weighted by Crippen LogP contribution is 2.41. The van der Waals surface area contributed by atoms with Gasteiger partial charge in [-0.15, -0.1) is 0 Å². The van der Waals surface area contributed by atoms with Crippen molar-refractivity contribution < 1.29 is 0 Å². The minimum atomic E-state index is 0.0185. The third-order valence-corrected chi connectivity index (χ3v) is 6.06. The number of hydrogen-bond donors (Lipinski definition) is 3. The van der Waals surface area contributed by atoms with Crippen LogP contribution in [0.15, 0.2) is 49.1 Å². The fourth-order valence-corrected chi connectivity index (χ4v) is 4.17. The van der Waals surface area contributed by atoms with Crippen molar-refractivity contribution in [1.82, 2.24) is 24.9 Å². The smallest absolute Gasteiger partial charge is 0.139 e. The first-order valence-electron chi connectivity index (χ1n) is 10.8. The van der Waals surface area contributed by atoms with E-state index < -0.39 is 0 Å². The molecule has 0 fully saturated rings. The van der Waals surface area contributed by atoms with Crippen molar-refractivity contribution in [2.75, 3.05) is 0 Å². The Hall–Kier alpha value is -3.34. The molecule has 0 amide bonds. The van der Waals surface area contributed by atoms with Gasteiger partial charge in [-0.2, -0.15) is 0 Å². The second kappa shape index (κ2) is 6.58. The molecular formula is C26H29N5. The zero-order chi connectivity index (χ0) is 22.0. The summed E-state index contributed by atoms with van der Waals surface area (Å²) < 4.78 is 0. The molecule has 0 unspecified atom stereocenters. The van der Waals surface area contributed by atoms with Crippen molar-refractivity contribution in [3.63, 3.8) is 0 Å². The Bertz CT molecular complexity index is 1270. The van der Waals surface area contributed by atoms with Gasteiger partial charge >= 0.3 is 0 Å². The molecule has 0 saturated carbocycles. The fraction of sp³-hybridized carbons (Fsp3) is 0.308. The van der Waals surface area contributed by atoms with Crippen LogP contribution in [0.3, 0.4) is 0 Å². The number of aromatic nitrogens is 5. The van der Waals surface area contributed by atoms with Crippen molar-refractivity contribution in [3.8, 4) is 22.8 Å². The molecule has 0 saturated heterocycles. The van der Waals surface area contributed by atoms with Gasteiger partial charge in [0.1, 0.15) is 11.6 Å². The van der Waals surface area contributed by atoms with Gasteiger partial charge < -0.3 is 15.0 Å². The number of H-pyrrole nitrogens is 3. The van der Waals surface area contributed by atoms with E-state index in [1.54, 1.807) is 12.4 Å². The Morgan fingerprint density at radius 1 is 0.613 bits per heavy atom. The number of benzene rings is 2. The van der Waals surface area contributed by atoms with E-state index in [0.29, 0.717) is 0 Å². The molecule has 31 heavy (non-hydrogen) atoms. The summed E-state index contributed by atoms with van der Waals surface area (Å²) in [7, 11) is 0. The highest BCUT2D eigenvalue weighted by molar-refractivity contribution is 6.15. The lowest BCUT2D eigenvalue weighted by molar-refractivity contribution is 0.590. The van der Waals surface area contributed by atoms with Gasteiger partial charge in [-0.3, -0.25) is 0 Å². The molecule has 2 aromatic carbocycles. The maximum absolute atomic E-state index is 4.57. The van der Waals surface area contributed by atoms with Crippen LogP contribution in [0.25, 0.3) is 44.6 Å². The molecule has 158 valence electrons. The maximum Gasteiger partial charge on any atom is 0.139 e. The lowest BCUT2D eigenvalue weighted by Crippen LogP contribution is -2.11. The molecule has 0 aliphatic heterocycles. The van der Waals surface area contributed by atoms with Crippen LogP contribution in [0, 0.1) is 0 Å². The second-order valence-corrected chi connectivity index (χ2v) is 10.4. The van der Waals surface area contributed by atoms with Crippen molar-refractivity contribution >= 4 is 21.8 Å². The van der Waals surface area contributed by atoms with E-state index in [2.05, 4.69) is 90.7 Å². The fourth-order valence-electron chi connectivity index (χ4n) is 4.17. The normalized spacial score (nSPS) is 12.8. The average Bonchev–Trinajstić information content (AvgIpc) is 3.44. The molecule has 0 atom stereocenters. The second-order valence-electron chi connectivity index (χ2n) is 10.4. The Balaban J connectivity index is 1.95. The molecule has 0 aliphatic rings. The zero-order valence-corrected chi connectivity index (χ0v) is 19.0. The van der Waals surface area contributed by atoms with Gasteiger partial charge in [0.15, 0.2) is 0 Å². The zero-order valence-electron chi connectivity index (χ0n) is 19.0. The van der Waals surface area contributed by atoms with Crippen LogP contribution in [-0.2, 0) is 10.8 Å². The van der Waals surface area contributed by atoms with Crippen molar-refractivity contribution in [2.45, 2.75) is 52.4 Å². The highest BCUT2D eigenvalue weighted by Gasteiger charge is 2.23. The predicted octanol–water partition coefficient (Wildman–Crippen LogP) is 6.70. The number of fused-ring (bicyclic) bond motifs is 3.